The molecule has 0 aromatic heterocycles. The average molecular weight is 439 g/mol. The number of methoxy groups -OCH3 is 2. The van der Waals surface area contributed by atoms with Crippen molar-refractivity contribution in [3.05, 3.63) is 54.1 Å². The van der Waals surface area contributed by atoms with Crippen molar-refractivity contribution < 1.29 is 19.1 Å². The van der Waals surface area contributed by atoms with Crippen molar-refractivity contribution in [1.29, 1.82) is 0 Å². The van der Waals surface area contributed by atoms with Gasteiger partial charge in [-0.15, -0.1) is 0 Å². The first-order valence-corrected chi connectivity index (χ1v) is 11.0. The van der Waals surface area contributed by atoms with E-state index in [0.29, 0.717) is 36.8 Å². The van der Waals surface area contributed by atoms with Crippen LogP contribution in [0.25, 0.3) is 0 Å². The third-order valence-electron chi connectivity index (χ3n) is 6.18. The van der Waals surface area contributed by atoms with Crippen molar-refractivity contribution in [1.82, 2.24) is 14.7 Å². The fraction of sp³-hybridized carbons (Fsp3) is 0.417. The molecule has 0 bridgehead atoms. The lowest BCUT2D eigenvalue weighted by Crippen LogP contribution is -2.49. The Kier molecular flexibility index (Phi) is 6.68. The topological polar surface area (TPSA) is 74.4 Å². The monoisotopic (exact) mass is 438 g/mol. The Hall–Kier alpha value is -3.42. The van der Waals surface area contributed by atoms with Crippen molar-refractivity contribution >= 4 is 17.7 Å². The summed E-state index contributed by atoms with van der Waals surface area (Å²) in [5.41, 5.74) is 1.72. The van der Waals surface area contributed by atoms with Crippen LogP contribution in [0.3, 0.4) is 0 Å². The molecule has 2 heterocycles. The van der Waals surface area contributed by atoms with E-state index in [9.17, 15) is 9.59 Å². The first-order chi connectivity index (χ1) is 15.6. The highest BCUT2D eigenvalue weighted by molar-refractivity contribution is 5.91. The second-order valence-corrected chi connectivity index (χ2v) is 8.10. The third kappa shape index (κ3) is 4.74. The smallest absolute Gasteiger partial charge is 0.321 e. The van der Waals surface area contributed by atoms with Crippen LogP contribution in [0.1, 0.15) is 18.4 Å². The molecule has 0 unspecified atom stereocenters. The molecule has 2 saturated heterocycles. The summed E-state index contributed by atoms with van der Waals surface area (Å²) >= 11 is 0. The van der Waals surface area contributed by atoms with Gasteiger partial charge < -0.3 is 29.5 Å². The zero-order valence-electron chi connectivity index (χ0n) is 18.6. The summed E-state index contributed by atoms with van der Waals surface area (Å²) in [6, 6.07) is 15.4. The molecule has 0 radical (unpaired) electrons. The minimum Gasteiger partial charge on any atom is -0.497 e. The number of likely N-dealkylation sites (tertiary alicyclic amines) is 1. The standard InChI is InChI=1S/C24H30N4O4/c1-31-20-8-9-22(32-2)21(16-20)25-23(29)26-12-10-19(11-13-26)28-15-14-27(24(28)30)17-18-6-4-3-5-7-18/h3-9,16,19H,10-15,17H2,1-2H3,(H,25,29). The molecule has 8 nitrogen and oxygen atoms in total. The van der Waals surface area contributed by atoms with Gasteiger partial charge in [-0.1, -0.05) is 30.3 Å². The van der Waals surface area contributed by atoms with Crippen LogP contribution in [-0.2, 0) is 6.54 Å². The van der Waals surface area contributed by atoms with Gasteiger partial charge in [-0.25, -0.2) is 9.59 Å². The van der Waals surface area contributed by atoms with E-state index < -0.39 is 0 Å². The fourth-order valence-corrected chi connectivity index (χ4v) is 4.38. The van der Waals surface area contributed by atoms with Crippen LogP contribution in [0.4, 0.5) is 15.3 Å². The van der Waals surface area contributed by atoms with Crippen LogP contribution >= 0.6 is 0 Å². The number of benzene rings is 2. The number of rotatable bonds is 6. The number of amides is 4. The molecular formula is C24H30N4O4. The van der Waals surface area contributed by atoms with Gasteiger partial charge in [-0.3, -0.25) is 0 Å². The number of carbonyl (C=O) groups excluding carboxylic acids is 2. The minimum atomic E-state index is -0.173. The Bertz CT molecular complexity index is 944. The van der Waals surface area contributed by atoms with Crippen LogP contribution in [0.2, 0.25) is 0 Å². The van der Waals surface area contributed by atoms with Gasteiger partial charge in [0.15, 0.2) is 0 Å². The summed E-state index contributed by atoms with van der Waals surface area (Å²) in [6.45, 7) is 3.32. The lowest BCUT2D eigenvalue weighted by molar-refractivity contribution is 0.139. The maximum atomic E-state index is 12.9. The van der Waals surface area contributed by atoms with Crippen LogP contribution in [0, 0.1) is 0 Å². The Morgan fingerprint density at radius 3 is 2.44 bits per heavy atom. The molecule has 2 aliphatic rings. The van der Waals surface area contributed by atoms with E-state index in [-0.39, 0.29) is 18.1 Å². The zero-order chi connectivity index (χ0) is 22.5. The number of piperidine rings is 1. The molecule has 170 valence electrons. The Balaban J connectivity index is 1.30. The Morgan fingerprint density at radius 1 is 1.00 bits per heavy atom. The molecule has 0 aliphatic carbocycles. The van der Waals surface area contributed by atoms with Crippen molar-refractivity contribution in [2.24, 2.45) is 0 Å². The van der Waals surface area contributed by atoms with E-state index >= 15 is 0 Å². The number of hydrogen-bond acceptors (Lipinski definition) is 4. The first-order valence-electron chi connectivity index (χ1n) is 11.0. The summed E-state index contributed by atoms with van der Waals surface area (Å²) in [5.74, 6) is 1.22. The quantitative estimate of drug-likeness (QED) is 0.747. The lowest BCUT2D eigenvalue weighted by Gasteiger charge is -2.36. The van der Waals surface area contributed by atoms with Crippen molar-refractivity contribution in [3.63, 3.8) is 0 Å². The SMILES string of the molecule is COc1ccc(OC)c(NC(=O)N2CCC(N3CCN(Cc4ccccc4)C3=O)CC2)c1. The van der Waals surface area contributed by atoms with Crippen molar-refractivity contribution in [2.45, 2.75) is 25.4 Å². The predicted molar refractivity (Wildman–Crippen MR) is 122 cm³/mol. The van der Waals surface area contributed by atoms with Gasteiger partial charge in [0.05, 0.1) is 19.9 Å². The number of nitrogens with one attached hydrogen (secondary N) is 1. The number of nitrogens with zero attached hydrogens (tertiary/aromatic N) is 3. The highest BCUT2D eigenvalue weighted by atomic mass is 16.5. The van der Waals surface area contributed by atoms with E-state index in [4.69, 9.17) is 9.47 Å². The summed E-state index contributed by atoms with van der Waals surface area (Å²) in [6.07, 6.45) is 1.54. The molecule has 2 fully saturated rings. The molecule has 2 aromatic rings. The van der Waals surface area contributed by atoms with Crippen LogP contribution in [-0.4, -0.2) is 73.2 Å². The van der Waals surface area contributed by atoms with Crippen LogP contribution in [0.5, 0.6) is 11.5 Å². The third-order valence-corrected chi connectivity index (χ3v) is 6.18. The molecule has 0 saturated carbocycles. The maximum absolute atomic E-state index is 12.9. The lowest BCUT2D eigenvalue weighted by atomic mass is 10.0. The normalized spacial score (nSPS) is 16.9. The number of carbonyl (C=O) groups is 2. The molecule has 1 N–H and O–H groups in total. The molecule has 0 atom stereocenters. The van der Waals surface area contributed by atoms with Gasteiger partial charge in [-0.2, -0.15) is 0 Å². The molecular weight excluding hydrogens is 408 g/mol. The second-order valence-electron chi connectivity index (χ2n) is 8.10. The van der Waals surface area contributed by atoms with Crippen LogP contribution < -0.4 is 14.8 Å². The summed E-state index contributed by atoms with van der Waals surface area (Å²) in [5, 5.41) is 2.93. The van der Waals surface area contributed by atoms with Crippen molar-refractivity contribution in [2.75, 3.05) is 45.7 Å². The highest BCUT2D eigenvalue weighted by Gasteiger charge is 2.36. The van der Waals surface area contributed by atoms with E-state index in [1.54, 1.807) is 37.3 Å². The molecule has 2 aliphatic heterocycles. The van der Waals surface area contributed by atoms with Gasteiger partial charge in [0.25, 0.3) is 0 Å². The summed E-state index contributed by atoms with van der Waals surface area (Å²) in [4.78, 5) is 31.4. The number of ether oxygens (including phenoxy) is 2. The number of anilines is 1. The molecule has 8 heteroatoms. The van der Waals surface area contributed by atoms with Gasteiger partial charge in [-0.05, 0) is 30.5 Å². The fourth-order valence-electron chi connectivity index (χ4n) is 4.38. The van der Waals surface area contributed by atoms with Crippen LogP contribution in [0.15, 0.2) is 48.5 Å². The van der Waals surface area contributed by atoms with Gasteiger partial charge in [0, 0.05) is 44.8 Å². The summed E-state index contributed by atoms with van der Waals surface area (Å²) < 4.78 is 10.6. The molecule has 32 heavy (non-hydrogen) atoms. The summed E-state index contributed by atoms with van der Waals surface area (Å²) in [7, 11) is 3.15. The van der Waals surface area contributed by atoms with E-state index in [1.807, 2.05) is 40.1 Å². The maximum Gasteiger partial charge on any atom is 0.321 e. The predicted octanol–water partition coefficient (Wildman–Crippen LogP) is 3.64. The number of urea groups is 2. The molecule has 2 aromatic carbocycles. The molecule has 4 rings (SSSR count). The van der Waals surface area contributed by atoms with E-state index in [0.717, 1.165) is 31.5 Å². The number of hydrogen-bond donors (Lipinski definition) is 1. The van der Waals surface area contributed by atoms with Gasteiger partial charge in [0.1, 0.15) is 11.5 Å². The highest BCUT2D eigenvalue weighted by Crippen LogP contribution is 2.30. The van der Waals surface area contributed by atoms with Gasteiger partial charge >= 0.3 is 12.1 Å². The average Bonchev–Trinajstić information content (AvgIpc) is 3.19. The van der Waals surface area contributed by atoms with E-state index in [1.165, 1.54) is 0 Å². The molecule has 4 amide bonds. The van der Waals surface area contributed by atoms with Gasteiger partial charge in [0.2, 0.25) is 0 Å². The largest absolute Gasteiger partial charge is 0.497 e. The van der Waals surface area contributed by atoms with Crippen molar-refractivity contribution in [3.8, 4) is 11.5 Å². The first kappa shape index (κ1) is 21.8. The van der Waals surface area contributed by atoms with E-state index in [2.05, 4.69) is 5.32 Å². The minimum absolute atomic E-state index is 0.0953. The Labute approximate surface area is 188 Å². The Morgan fingerprint density at radius 2 is 1.75 bits per heavy atom. The zero-order valence-corrected chi connectivity index (χ0v) is 18.6. The second kappa shape index (κ2) is 9.80. The molecule has 0 spiro atoms.